The highest BCUT2D eigenvalue weighted by molar-refractivity contribution is 9.10. The maximum Gasteiger partial charge on any atom is 0.138 e. The van der Waals surface area contributed by atoms with Crippen molar-refractivity contribution in [1.29, 1.82) is 0 Å². The number of hydrogen-bond acceptors (Lipinski definition) is 3. The Balaban J connectivity index is 2.44. The minimum absolute atomic E-state index is 0.435. The summed E-state index contributed by atoms with van der Waals surface area (Å²) in [5.74, 6) is 1.73. The lowest BCUT2D eigenvalue weighted by molar-refractivity contribution is 0.410. The molecular formula is C13H16BrN3O. The van der Waals surface area contributed by atoms with Gasteiger partial charge in [-0.2, -0.15) is 0 Å². The van der Waals surface area contributed by atoms with Gasteiger partial charge < -0.3 is 15.5 Å². The molecule has 18 heavy (non-hydrogen) atoms. The van der Waals surface area contributed by atoms with E-state index in [2.05, 4.69) is 38.9 Å². The number of nitrogens with one attached hydrogen (secondary N) is 1. The molecule has 0 atom stereocenters. The molecule has 0 amide bonds. The molecule has 2 aromatic rings. The van der Waals surface area contributed by atoms with E-state index < -0.39 is 0 Å². The summed E-state index contributed by atoms with van der Waals surface area (Å²) in [5, 5.41) is 0. The number of aromatic nitrogens is 2. The van der Waals surface area contributed by atoms with Gasteiger partial charge in [-0.05, 0) is 46.1 Å². The van der Waals surface area contributed by atoms with Crippen molar-refractivity contribution in [2.45, 2.75) is 19.9 Å². The van der Waals surface area contributed by atoms with E-state index in [4.69, 9.17) is 10.5 Å². The standard InChI is InChI=1S/C13H16BrN3O/c1-3-8-6-9(4-5-11(8)18-2)13-16-10(7-15)12(14)17-13/h4-6H,3,7,15H2,1-2H3,(H,16,17). The molecule has 0 bridgehead atoms. The number of aromatic amines is 1. The average Bonchev–Trinajstić information content (AvgIpc) is 2.79. The van der Waals surface area contributed by atoms with E-state index in [1.807, 2.05) is 12.1 Å². The number of ether oxygens (including phenoxy) is 1. The topological polar surface area (TPSA) is 63.9 Å². The third-order valence-corrected chi connectivity index (χ3v) is 3.52. The number of hydrogen-bond donors (Lipinski definition) is 2. The van der Waals surface area contributed by atoms with Gasteiger partial charge in [-0.25, -0.2) is 4.98 Å². The molecule has 5 heteroatoms. The van der Waals surface area contributed by atoms with Crippen LogP contribution in [0.5, 0.6) is 5.75 Å². The Morgan fingerprint density at radius 3 is 2.78 bits per heavy atom. The van der Waals surface area contributed by atoms with Crippen LogP contribution < -0.4 is 10.5 Å². The van der Waals surface area contributed by atoms with Crippen molar-refractivity contribution in [3.63, 3.8) is 0 Å². The summed E-state index contributed by atoms with van der Waals surface area (Å²) in [6.45, 7) is 2.54. The summed E-state index contributed by atoms with van der Waals surface area (Å²) < 4.78 is 6.09. The molecule has 0 saturated carbocycles. The predicted octanol–water partition coefficient (Wildman–Crippen LogP) is 2.87. The molecule has 0 fully saturated rings. The number of methoxy groups -OCH3 is 1. The predicted molar refractivity (Wildman–Crippen MR) is 75.5 cm³/mol. The van der Waals surface area contributed by atoms with Crippen LogP contribution in [0.25, 0.3) is 11.4 Å². The smallest absolute Gasteiger partial charge is 0.138 e. The van der Waals surface area contributed by atoms with Crippen LogP contribution in [-0.4, -0.2) is 17.1 Å². The number of nitrogens with two attached hydrogens (primary N) is 1. The number of rotatable bonds is 4. The SMILES string of the molecule is CCc1cc(-c2nc(Br)c(CN)[nH]2)ccc1OC. The molecule has 0 aliphatic carbocycles. The fourth-order valence-corrected chi connectivity index (χ4v) is 2.30. The molecule has 0 aliphatic rings. The number of aryl methyl sites for hydroxylation is 1. The van der Waals surface area contributed by atoms with Crippen molar-refractivity contribution >= 4 is 15.9 Å². The molecule has 1 aromatic carbocycles. The quantitative estimate of drug-likeness (QED) is 0.912. The van der Waals surface area contributed by atoms with Gasteiger partial charge in [-0.1, -0.05) is 6.92 Å². The Morgan fingerprint density at radius 2 is 2.22 bits per heavy atom. The van der Waals surface area contributed by atoms with E-state index in [1.54, 1.807) is 7.11 Å². The number of nitrogens with zero attached hydrogens (tertiary/aromatic N) is 1. The first kappa shape index (κ1) is 13.1. The number of H-pyrrole nitrogens is 1. The molecule has 0 unspecified atom stereocenters. The van der Waals surface area contributed by atoms with Crippen LogP contribution in [0.15, 0.2) is 22.8 Å². The number of imidazole rings is 1. The second-order valence-corrected chi connectivity index (χ2v) is 4.69. The molecule has 4 nitrogen and oxygen atoms in total. The normalized spacial score (nSPS) is 10.7. The first-order chi connectivity index (χ1) is 8.69. The monoisotopic (exact) mass is 309 g/mol. The molecule has 0 radical (unpaired) electrons. The second kappa shape index (κ2) is 5.54. The van der Waals surface area contributed by atoms with Crippen LogP contribution in [0.2, 0.25) is 0 Å². The minimum Gasteiger partial charge on any atom is -0.496 e. The van der Waals surface area contributed by atoms with Crippen LogP contribution in [0.3, 0.4) is 0 Å². The Morgan fingerprint density at radius 1 is 1.44 bits per heavy atom. The van der Waals surface area contributed by atoms with Crippen molar-refractivity contribution < 1.29 is 4.74 Å². The maximum absolute atomic E-state index is 5.62. The van der Waals surface area contributed by atoms with Crippen molar-refractivity contribution in [2.24, 2.45) is 5.73 Å². The molecule has 2 rings (SSSR count). The van der Waals surface area contributed by atoms with Crippen LogP contribution in [0.1, 0.15) is 18.2 Å². The van der Waals surface area contributed by atoms with E-state index in [0.717, 1.165) is 39.4 Å². The van der Waals surface area contributed by atoms with Gasteiger partial charge in [0.2, 0.25) is 0 Å². The minimum atomic E-state index is 0.435. The Hall–Kier alpha value is -1.33. The summed E-state index contributed by atoms with van der Waals surface area (Å²) in [5.41, 5.74) is 8.72. The van der Waals surface area contributed by atoms with E-state index in [0.29, 0.717) is 6.54 Å². The van der Waals surface area contributed by atoms with Crippen molar-refractivity contribution in [2.75, 3.05) is 7.11 Å². The lowest BCUT2D eigenvalue weighted by atomic mass is 10.1. The van der Waals surface area contributed by atoms with Gasteiger partial charge in [-0.15, -0.1) is 0 Å². The summed E-state index contributed by atoms with van der Waals surface area (Å²) in [6.07, 6.45) is 0.919. The lowest BCUT2D eigenvalue weighted by Gasteiger charge is -2.07. The van der Waals surface area contributed by atoms with Crippen LogP contribution in [0, 0.1) is 0 Å². The summed E-state index contributed by atoms with van der Waals surface area (Å²) in [7, 11) is 1.68. The fourth-order valence-electron chi connectivity index (χ4n) is 1.86. The van der Waals surface area contributed by atoms with E-state index in [9.17, 15) is 0 Å². The van der Waals surface area contributed by atoms with E-state index in [1.165, 1.54) is 0 Å². The van der Waals surface area contributed by atoms with Crippen molar-refractivity contribution in [3.8, 4) is 17.1 Å². The number of benzene rings is 1. The Labute approximate surface area is 115 Å². The van der Waals surface area contributed by atoms with Gasteiger partial charge in [-0.3, -0.25) is 0 Å². The molecule has 3 N–H and O–H groups in total. The average molecular weight is 310 g/mol. The molecule has 1 aromatic heterocycles. The summed E-state index contributed by atoms with van der Waals surface area (Å²) in [4.78, 5) is 7.64. The maximum atomic E-state index is 5.62. The lowest BCUT2D eigenvalue weighted by Crippen LogP contribution is -1.97. The molecular weight excluding hydrogens is 294 g/mol. The molecule has 1 heterocycles. The van der Waals surface area contributed by atoms with Gasteiger partial charge >= 0.3 is 0 Å². The van der Waals surface area contributed by atoms with Crippen molar-refractivity contribution in [1.82, 2.24) is 9.97 Å². The molecule has 0 aliphatic heterocycles. The zero-order valence-electron chi connectivity index (χ0n) is 10.5. The highest BCUT2D eigenvalue weighted by atomic mass is 79.9. The summed E-state index contributed by atoms with van der Waals surface area (Å²) in [6, 6.07) is 6.04. The van der Waals surface area contributed by atoms with Gasteiger partial charge in [0.25, 0.3) is 0 Å². The Kier molecular flexibility index (Phi) is 4.04. The molecule has 96 valence electrons. The highest BCUT2D eigenvalue weighted by Crippen LogP contribution is 2.27. The zero-order valence-corrected chi connectivity index (χ0v) is 12.0. The van der Waals surface area contributed by atoms with Gasteiger partial charge in [0.1, 0.15) is 16.2 Å². The van der Waals surface area contributed by atoms with Gasteiger partial charge in [0, 0.05) is 12.1 Å². The fraction of sp³-hybridized carbons (Fsp3) is 0.308. The van der Waals surface area contributed by atoms with Gasteiger partial charge in [0.15, 0.2) is 0 Å². The second-order valence-electron chi connectivity index (χ2n) is 3.94. The van der Waals surface area contributed by atoms with Crippen LogP contribution >= 0.6 is 15.9 Å². The van der Waals surface area contributed by atoms with Crippen molar-refractivity contribution in [3.05, 3.63) is 34.1 Å². The van der Waals surface area contributed by atoms with Crippen LogP contribution in [-0.2, 0) is 13.0 Å². The third-order valence-electron chi connectivity index (χ3n) is 2.87. The van der Waals surface area contributed by atoms with Crippen LogP contribution in [0.4, 0.5) is 0 Å². The zero-order chi connectivity index (χ0) is 13.1. The first-order valence-corrected chi connectivity index (χ1v) is 6.60. The third kappa shape index (κ3) is 2.42. The number of halogens is 1. The molecule has 0 spiro atoms. The molecule has 0 saturated heterocycles. The highest BCUT2D eigenvalue weighted by Gasteiger charge is 2.10. The van der Waals surface area contributed by atoms with E-state index in [-0.39, 0.29) is 0 Å². The Bertz CT molecular complexity index is 551. The largest absolute Gasteiger partial charge is 0.496 e. The summed E-state index contributed by atoms with van der Waals surface area (Å²) >= 11 is 3.39. The van der Waals surface area contributed by atoms with E-state index >= 15 is 0 Å². The first-order valence-electron chi connectivity index (χ1n) is 5.81. The van der Waals surface area contributed by atoms with Gasteiger partial charge in [0.05, 0.1) is 12.8 Å².